The average molecular weight is 335 g/mol. The normalized spacial score (nSPS) is 20.2. The zero-order valence-corrected chi connectivity index (χ0v) is 14.1. The van der Waals surface area contributed by atoms with Gasteiger partial charge in [0, 0.05) is 31.2 Å². The van der Waals surface area contributed by atoms with Crippen LogP contribution in [-0.4, -0.2) is 41.2 Å². The van der Waals surface area contributed by atoms with E-state index < -0.39 is 0 Å². The molecule has 3 rings (SSSR count). The minimum atomic E-state index is -0.373. The minimum absolute atomic E-state index is 0.337. The number of carbonyl (C=O) groups is 2. The molecule has 2 fully saturated rings. The third-order valence-electron chi connectivity index (χ3n) is 4.89. The van der Waals surface area contributed by atoms with Gasteiger partial charge in [-0.3, -0.25) is 9.59 Å². The fraction of sp³-hybridized carbons (Fsp3) is 0.556. The highest BCUT2D eigenvalue weighted by molar-refractivity contribution is 6.35. The maximum atomic E-state index is 12.4. The average Bonchev–Trinajstić information content (AvgIpc) is 2.57. The van der Waals surface area contributed by atoms with Crippen molar-refractivity contribution in [3.05, 3.63) is 34.9 Å². The molecule has 1 heterocycles. The van der Waals surface area contributed by atoms with Crippen molar-refractivity contribution in [2.24, 2.45) is 5.92 Å². The summed E-state index contributed by atoms with van der Waals surface area (Å²) in [5.41, 5.74) is 0.997. The first-order valence-corrected chi connectivity index (χ1v) is 8.84. The summed E-state index contributed by atoms with van der Waals surface area (Å²) < 4.78 is 0. The summed E-state index contributed by atoms with van der Waals surface area (Å²) in [6.07, 6.45) is 6.18. The van der Waals surface area contributed by atoms with Crippen molar-refractivity contribution in [1.82, 2.24) is 9.80 Å². The molecule has 0 unspecified atom stereocenters. The molecule has 5 heteroatoms. The lowest BCUT2D eigenvalue weighted by Gasteiger charge is -2.36. The molecule has 1 saturated heterocycles. The van der Waals surface area contributed by atoms with Gasteiger partial charge in [0.05, 0.1) is 0 Å². The summed E-state index contributed by atoms with van der Waals surface area (Å²) in [5, 5.41) is 0.674. The quantitative estimate of drug-likeness (QED) is 0.794. The van der Waals surface area contributed by atoms with Crippen LogP contribution in [0, 0.1) is 5.92 Å². The van der Waals surface area contributed by atoms with Crippen LogP contribution in [0.4, 0.5) is 0 Å². The van der Waals surface area contributed by atoms with Crippen LogP contribution in [-0.2, 0) is 16.1 Å². The Balaban J connectivity index is 1.57. The van der Waals surface area contributed by atoms with E-state index in [1.54, 1.807) is 9.80 Å². The molecule has 0 atom stereocenters. The number of carbonyl (C=O) groups excluding carboxylic acids is 2. The zero-order chi connectivity index (χ0) is 16.2. The molecule has 0 spiro atoms. The van der Waals surface area contributed by atoms with Crippen molar-refractivity contribution in [1.29, 1.82) is 0 Å². The van der Waals surface area contributed by atoms with Gasteiger partial charge in [0.2, 0.25) is 0 Å². The van der Waals surface area contributed by atoms with Gasteiger partial charge in [-0.2, -0.15) is 0 Å². The SMILES string of the molecule is O=C1C(=O)N(CC2CCCCC2)CCN1Cc1ccc(Cl)cc1. The summed E-state index contributed by atoms with van der Waals surface area (Å²) >= 11 is 5.88. The van der Waals surface area contributed by atoms with Gasteiger partial charge in [-0.05, 0) is 36.5 Å². The molecule has 124 valence electrons. The second-order valence-corrected chi connectivity index (χ2v) is 7.04. The molecule has 2 aliphatic rings. The molecule has 1 aliphatic heterocycles. The van der Waals surface area contributed by atoms with E-state index >= 15 is 0 Å². The van der Waals surface area contributed by atoms with Crippen LogP contribution in [0.25, 0.3) is 0 Å². The van der Waals surface area contributed by atoms with Crippen LogP contribution in [0.1, 0.15) is 37.7 Å². The van der Waals surface area contributed by atoms with E-state index in [9.17, 15) is 9.59 Å². The van der Waals surface area contributed by atoms with Gasteiger partial charge < -0.3 is 9.80 Å². The Morgan fingerprint density at radius 2 is 1.52 bits per heavy atom. The second-order valence-electron chi connectivity index (χ2n) is 6.61. The Bertz CT molecular complexity index is 567. The highest BCUT2D eigenvalue weighted by atomic mass is 35.5. The van der Waals surface area contributed by atoms with Gasteiger partial charge in [-0.25, -0.2) is 0 Å². The van der Waals surface area contributed by atoms with Crippen LogP contribution in [0.2, 0.25) is 5.02 Å². The Kier molecular flexibility index (Phi) is 5.21. The van der Waals surface area contributed by atoms with E-state index in [1.165, 1.54) is 32.1 Å². The van der Waals surface area contributed by atoms with E-state index in [1.807, 2.05) is 24.3 Å². The minimum Gasteiger partial charge on any atom is -0.332 e. The largest absolute Gasteiger partial charge is 0.332 e. The molecule has 0 N–H and O–H groups in total. The highest BCUT2D eigenvalue weighted by Crippen LogP contribution is 2.25. The summed E-state index contributed by atoms with van der Waals surface area (Å²) in [4.78, 5) is 28.1. The third-order valence-corrected chi connectivity index (χ3v) is 5.14. The number of amides is 2. The molecule has 0 radical (unpaired) electrons. The Morgan fingerprint density at radius 1 is 0.913 bits per heavy atom. The van der Waals surface area contributed by atoms with E-state index in [0.29, 0.717) is 30.6 Å². The van der Waals surface area contributed by atoms with Gasteiger partial charge in [0.15, 0.2) is 0 Å². The number of hydrogen-bond acceptors (Lipinski definition) is 2. The van der Waals surface area contributed by atoms with Gasteiger partial charge in [0.1, 0.15) is 0 Å². The maximum absolute atomic E-state index is 12.4. The Morgan fingerprint density at radius 3 is 2.22 bits per heavy atom. The Labute approximate surface area is 142 Å². The van der Waals surface area contributed by atoms with E-state index in [4.69, 9.17) is 11.6 Å². The van der Waals surface area contributed by atoms with Crippen LogP contribution < -0.4 is 0 Å². The van der Waals surface area contributed by atoms with Crippen molar-refractivity contribution in [3.63, 3.8) is 0 Å². The predicted octanol–water partition coefficient (Wildman–Crippen LogP) is 3.09. The van der Waals surface area contributed by atoms with Crippen molar-refractivity contribution >= 4 is 23.4 Å². The predicted molar refractivity (Wildman–Crippen MR) is 90.0 cm³/mol. The lowest BCUT2D eigenvalue weighted by atomic mass is 9.89. The molecule has 1 saturated carbocycles. The molecule has 1 aliphatic carbocycles. The first-order chi connectivity index (χ1) is 11.1. The van der Waals surface area contributed by atoms with Crippen molar-refractivity contribution in [2.75, 3.05) is 19.6 Å². The van der Waals surface area contributed by atoms with Gasteiger partial charge in [-0.1, -0.05) is 43.0 Å². The summed E-state index contributed by atoms with van der Waals surface area (Å²) in [5.74, 6) is -0.138. The summed E-state index contributed by atoms with van der Waals surface area (Å²) in [6, 6.07) is 7.41. The molecular formula is C18H23ClN2O2. The summed E-state index contributed by atoms with van der Waals surface area (Å²) in [6.45, 7) is 2.48. The lowest BCUT2D eigenvalue weighted by Crippen LogP contribution is -2.54. The van der Waals surface area contributed by atoms with Gasteiger partial charge >= 0.3 is 11.8 Å². The molecule has 1 aromatic rings. The third kappa shape index (κ3) is 4.05. The highest BCUT2D eigenvalue weighted by Gasteiger charge is 2.33. The second kappa shape index (κ2) is 7.35. The molecule has 2 amide bonds. The topological polar surface area (TPSA) is 40.6 Å². The first-order valence-electron chi connectivity index (χ1n) is 8.46. The van der Waals surface area contributed by atoms with E-state index in [0.717, 1.165) is 12.1 Å². The smallest absolute Gasteiger partial charge is 0.312 e. The van der Waals surface area contributed by atoms with Gasteiger partial charge in [-0.15, -0.1) is 0 Å². The zero-order valence-electron chi connectivity index (χ0n) is 13.3. The fourth-order valence-electron chi connectivity index (χ4n) is 3.53. The molecule has 23 heavy (non-hydrogen) atoms. The molecule has 0 bridgehead atoms. The number of nitrogens with zero attached hydrogens (tertiary/aromatic N) is 2. The van der Waals surface area contributed by atoms with Crippen LogP contribution in [0.5, 0.6) is 0 Å². The summed E-state index contributed by atoms with van der Waals surface area (Å²) in [7, 11) is 0. The molecule has 4 nitrogen and oxygen atoms in total. The monoisotopic (exact) mass is 334 g/mol. The number of hydrogen-bond donors (Lipinski definition) is 0. The Hall–Kier alpha value is -1.55. The van der Waals surface area contributed by atoms with Crippen LogP contribution in [0.15, 0.2) is 24.3 Å². The van der Waals surface area contributed by atoms with Crippen molar-refractivity contribution in [2.45, 2.75) is 38.6 Å². The number of benzene rings is 1. The number of rotatable bonds is 4. The molecule has 0 aromatic heterocycles. The van der Waals surface area contributed by atoms with E-state index in [2.05, 4.69) is 0 Å². The van der Waals surface area contributed by atoms with Crippen LogP contribution >= 0.6 is 11.6 Å². The number of halogens is 1. The van der Waals surface area contributed by atoms with Crippen molar-refractivity contribution < 1.29 is 9.59 Å². The van der Waals surface area contributed by atoms with Crippen molar-refractivity contribution in [3.8, 4) is 0 Å². The first kappa shape index (κ1) is 16.3. The van der Waals surface area contributed by atoms with E-state index in [-0.39, 0.29) is 11.8 Å². The lowest BCUT2D eigenvalue weighted by molar-refractivity contribution is -0.157. The van der Waals surface area contributed by atoms with Crippen LogP contribution in [0.3, 0.4) is 0 Å². The fourth-order valence-corrected chi connectivity index (χ4v) is 3.66. The van der Waals surface area contributed by atoms with Gasteiger partial charge in [0.25, 0.3) is 0 Å². The number of piperazine rings is 1. The molecule has 1 aromatic carbocycles. The molecular weight excluding hydrogens is 312 g/mol. The standard InChI is InChI=1S/C18H23ClN2O2/c19-16-8-6-15(7-9-16)13-21-11-10-20(17(22)18(21)23)12-14-4-2-1-3-5-14/h6-9,14H,1-5,10-13H2. The maximum Gasteiger partial charge on any atom is 0.312 e.